The van der Waals surface area contributed by atoms with Crippen LogP contribution in [0.3, 0.4) is 0 Å². The van der Waals surface area contributed by atoms with Gasteiger partial charge in [-0.25, -0.2) is 0 Å². The Morgan fingerprint density at radius 3 is 2.79 bits per heavy atom. The summed E-state index contributed by atoms with van der Waals surface area (Å²) in [6, 6.07) is 19.3. The van der Waals surface area contributed by atoms with Gasteiger partial charge in [0.25, 0.3) is 5.69 Å². The van der Waals surface area contributed by atoms with Gasteiger partial charge < -0.3 is 9.30 Å². The van der Waals surface area contributed by atoms with Crippen LogP contribution in [-0.2, 0) is 13.1 Å². The molecule has 1 aliphatic rings. The van der Waals surface area contributed by atoms with Crippen LogP contribution in [0.2, 0.25) is 0 Å². The average Bonchev–Trinajstić information content (AvgIpc) is 3.10. The van der Waals surface area contributed by atoms with Crippen molar-refractivity contribution in [1.29, 1.82) is 0 Å². The summed E-state index contributed by atoms with van der Waals surface area (Å²) in [5.74, 6) is 0.853. The first-order valence-corrected chi connectivity index (χ1v) is 9.42. The third kappa shape index (κ3) is 3.51. The number of nitrogens with zero attached hydrogens (tertiary/aromatic N) is 3. The van der Waals surface area contributed by atoms with Gasteiger partial charge in [0.05, 0.1) is 18.1 Å². The van der Waals surface area contributed by atoms with E-state index in [-0.39, 0.29) is 16.7 Å². The van der Waals surface area contributed by atoms with E-state index in [2.05, 4.69) is 33.9 Å². The summed E-state index contributed by atoms with van der Waals surface area (Å²) in [5, 5.41) is 11.2. The number of hydrogen-bond acceptors (Lipinski definition) is 4. The van der Waals surface area contributed by atoms with Crippen molar-refractivity contribution in [2.75, 3.05) is 13.7 Å². The monoisotopic (exact) mass is 377 g/mol. The number of hydrogen-bond donors (Lipinski definition) is 0. The minimum Gasteiger partial charge on any atom is -0.496 e. The van der Waals surface area contributed by atoms with Gasteiger partial charge in [-0.2, -0.15) is 0 Å². The zero-order valence-electron chi connectivity index (χ0n) is 15.8. The number of non-ortho nitro benzene ring substituents is 1. The lowest BCUT2D eigenvalue weighted by molar-refractivity contribution is -0.384. The van der Waals surface area contributed by atoms with E-state index in [9.17, 15) is 10.1 Å². The number of para-hydroxylation sites is 1. The predicted octanol–water partition coefficient (Wildman–Crippen LogP) is 4.40. The third-order valence-corrected chi connectivity index (χ3v) is 5.29. The summed E-state index contributed by atoms with van der Waals surface area (Å²) < 4.78 is 7.95. The molecule has 3 aromatic rings. The second-order valence-electron chi connectivity index (χ2n) is 7.02. The van der Waals surface area contributed by atoms with E-state index in [0.29, 0.717) is 6.54 Å². The molecule has 0 radical (unpaired) electrons. The van der Waals surface area contributed by atoms with Crippen molar-refractivity contribution in [1.82, 2.24) is 9.47 Å². The molecule has 4 rings (SSSR count). The second-order valence-corrected chi connectivity index (χ2v) is 7.02. The van der Waals surface area contributed by atoms with Gasteiger partial charge in [-0.1, -0.05) is 30.3 Å². The first kappa shape index (κ1) is 18.3. The summed E-state index contributed by atoms with van der Waals surface area (Å²) in [6.45, 7) is 2.49. The molecule has 0 saturated heterocycles. The number of aromatic nitrogens is 1. The van der Waals surface area contributed by atoms with Crippen LogP contribution in [0.15, 0.2) is 66.9 Å². The molecule has 2 heterocycles. The number of benzene rings is 2. The molecule has 0 saturated carbocycles. The van der Waals surface area contributed by atoms with Crippen molar-refractivity contribution in [3.63, 3.8) is 0 Å². The molecular formula is C22H23N3O3. The van der Waals surface area contributed by atoms with Crippen molar-refractivity contribution < 1.29 is 9.66 Å². The Labute approximate surface area is 164 Å². The smallest absolute Gasteiger partial charge is 0.269 e. The molecule has 0 spiro atoms. The number of fused-ring (bicyclic) bond motifs is 1. The molecule has 0 amide bonds. The fourth-order valence-electron chi connectivity index (χ4n) is 4.06. The first-order chi connectivity index (χ1) is 13.7. The van der Waals surface area contributed by atoms with Crippen LogP contribution in [0.1, 0.15) is 29.3 Å². The Morgan fingerprint density at radius 1 is 1.11 bits per heavy atom. The topological polar surface area (TPSA) is 60.5 Å². The van der Waals surface area contributed by atoms with Crippen molar-refractivity contribution >= 4 is 5.69 Å². The molecule has 0 fully saturated rings. The van der Waals surface area contributed by atoms with Crippen molar-refractivity contribution in [2.24, 2.45) is 0 Å². The summed E-state index contributed by atoms with van der Waals surface area (Å²) in [7, 11) is 1.69. The number of nitro benzene ring substituents is 1. The molecule has 0 aliphatic carbocycles. The van der Waals surface area contributed by atoms with E-state index in [1.807, 2.05) is 24.3 Å². The Hall–Kier alpha value is -3.12. The molecule has 6 nitrogen and oxygen atoms in total. The van der Waals surface area contributed by atoms with Crippen molar-refractivity contribution in [3.05, 3.63) is 93.8 Å². The highest BCUT2D eigenvalue weighted by Gasteiger charge is 2.29. The fraction of sp³-hybridized carbons (Fsp3) is 0.273. The highest BCUT2D eigenvalue weighted by atomic mass is 16.6. The minimum atomic E-state index is -0.339. The predicted molar refractivity (Wildman–Crippen MR) is 107 cm³/mol. The maximum Gasteiger partial charge on any atom is 0.269 e. The molecule has 2 aromatic carbocycles. The minimum absolute atomic E-state index is 0.0212. The Kier molecular flexibility index (Phi) is 5.12. The van der Waals surface area contributed by atoms with Gasteiger partial charge in [-0.3, -0.25) is 15.0 Å². The zero-order chi connectivity index (χ0) is 19.5. The van der Waals surface area contributed by atoms with E-state index in [1.54, 1.807) is 19.2 Å². The first-order valence-electron chi connectivity index (χ1n) is 9.42. The molecular weight excluding hydrogens is 354 g/mol. The van der Waals surface area contributed by atoms with Crippen LogP contribution in [0.4, 0.5) is 5.69 Å². The molecule has 144 valence electrons. The molecule has 1 aliphatic heterocycles. The molecule has 0 bridgehead atoms. The number of rotatable bonds is 5. The number of methoxy groups -OCH3 is 1. The van der Waals surface area contributed by atoms with Gasteiger partial charge in [-0.05, 0) is 30.2 Å². The highest BCUT2D eigenvalue weighted by Crippen LogP contribution is 2.37. The second kappa shape index (κ2) is 7.86. The van der Waals surface area contributed by atoms with Gasteiger partial charge in [0, 0.05) is 49.2 Å². The number of aryl methyl sites for hydroxylation is 1. The number of nitro groups is 1. The quantitative estimate of drug-likeness (QED) is 0.488. The molecule has 6 heteroatoms. The van der Waals surface area contributed by atoms with Crippen molar-refractivity contribution in [2.45, 2.75) is 25.6 Å². The lowest BCUT2D eigenvalue weighted by atomic mass is 10.00. The van der Waals surface area contributed by atoms with E-state index in [0.717, 1.165) is 36.4 Å². The van der Waals surface area contributed by atoms with Crippen LogP contribution in [0.5, 0.6) is 5.75 Å². The van der Waals surface area contributed by atoms with E-state index >= 15 is 0 Å². The highest BCUT2D eigenvalue weighted by molar-refractivity contribution is 5.41. The lowest BCUT2D eigenvalue weighted by Crippen LogP contribution is -2.29. The van der Waals surface area contributed by atoms with E-state index in [4.69, 9.17) is 4.74 Å². The maximum atomic E-state index is 11.2. The van der Waals surface area contributed by atoms with Gasteiger partial charge in [-0.15, -0.1) is 0 Å². The Morgan fingerprint density at radius 2 is 1.96 bits per heavy atom. The van der Waals surface area contributed by atoms with Gasteiger partial charge >= 0.3 is 0 Å². The Balaban J connectivity index is 1.76. The van der Waals surface area contributed by atoms with Crippen molar-refractivity contribution in [3.8, 4) is 5.75 Å². The van der Waals surface area contributed by atoms with Crippen LogP contribution in [0, 0.1) is 10.1 Å². The lowest BCUT2D eigenvalue weighted by Gasteiger charge is -2.31. The standard InChI is InChI=1S/C22H23N3O3/c1-28-21-11-3-2-9-19(21)22-20-10-5-12-23(20)13-6-14-24(22)16-17-7-4-8-18(15-17)25(26)27/h2-5,7-12,15,22H,6,13-14,16H2,1H3. The average molecular weight is 377 g/mol. The SMILES string of the molecule is COc1ccccc1C1c2cccn2CCCN1Cc1cccc([N+](=O)[O-])c1. The Bertz CT molecular complexity index is 982. The molecule has 1 atom stereocenters. The summed E-state index contributed by atoms with van der Waals surface area (Å²) >= 11 is 0. The van der Waals surface area contributed by atoms with Crippen LogP contribution in [-0.4, -0.2) is 28.0 Å². The van der Waals surface area contributed by atoms with E-state index in [1.165, 1.54) is 11.8 Å². The fourth-order valence-corrected chi connectivity index (χ4v) is 4.06. The van der Waals surface area contributed by atoms with Crippen LogP contribution in [0.25, 0.3) is 0 Å². The van der Waals surface area contributed by atoms with Crippen LogP contribution < -0.4 is 4.74 Å². The molecule has 28 heavy (non-hydrogen) atoms. The van der Waals surface area contributed by atoms with E-state index < -0.39 is 0 Å². The maximum absolute atomic E-state index is 11.2. The molecule has 0 N–H and O–H groups in total. The summed E-state index contributed by atoms with van der Waals surface area (Å²) in [5.41, 5.74) is 3.39. The van der Waals surface area contributed by atoms with Gasteiger partial charge in [0.1, 0.15) is 5.75 Å². The summed E-state index contributed by atoms with van der Waals surface area (Å²) in [4.78, 5) is 13.2. The summed E-state index contributed by atoms with van der Waals surface area (Å²) in [6.07, 6.45) is 3.14. The zero-order valence-corrected chi connectivity index (χ0v) is 15.8. The molecule has 1 aromatic heterocycles. The largest absolute Gasteiger partial charge is 0.496 e. The van der Waals surface area contributed by atoms with Gasteiger partial charge in [0.15, 0.2) is 0 Å². The molecule has 1 unspecified atom stereocenters. The third-order valence-electron chi connectivity index (χ3n) is 5.29. The number of ether oxygens (including phenoxy) is 1. The van der Waals surface area contributed by atoms with Gasteiger partial charge in [0.2, 0.25) is 0 Å². The normalized spacial score (nSPS) is 17.0. The van der Waals surface area contributed by atoms with Crippen LogP contribution >= 0.6 is 0 Å².